The topological polar surface area (TPSA) is 104 Å². The molecule has 0 radical (unpaired) electrons. The standard InChI is InChI=1S/C5H12O6P2/c1-5(2)3-4-11-13(9,10)12(6,7)8/h3H,4H2,1-2H3,(H,9,10)(H2,6,7,8). The Labute approximate surface area is 75.8 Å². The summed E-state index contributed by atoms with van der Waals surface area (Å²) in [6, 6.07) is 0. The van der Waals surface area contributed by atoms with Crippen molar-refractivity contribution in [3.8, 4) is 0 Å². The summed E-state index contributed by atoms with van der Waals surface area (Å²) < 4.78 is 25.3. The Hall–Kier alpha value is 0.0400. The Bertz CT molecular complexity index is 285. The zero-order valence-corrected chi connectivity index (χ0v) is 9.03. The average molecular weight is 230 g/mol. The third-order valence-electron chi connectivity index (χ3n) is 1.06. The second-order valence-electron chi connectivity index (χ2n) is 2.58. The zero-order chi connectivity index (χ0) is 10.7. The van der Waals surface area contributed by atoms with Gasteiger partial charge in [-0.25, -0.2) is 9.13 Å². The molecule has 13 heavy (non-hydrogen) atoms. The number of hydrogen-bond donors (Lipinski definition) is 3. The molecule has 0 aliphatic carbocycles. The van der Waals surface area contributed by atoms with E-state index in [1.807, 2.05) is 0 Å². The van der Waals surface area contributed by atoms with Crippen LogP contribution in [0, 0.1) is 0 Å². The first-order valence-electron chi connectivity index (χ1n) is 3.33. The molecule has 0 amide bonds. The predicted molar refractivity (Wildman–Crippen MR) is 47.3 cm³/mol. The number of rotatable bonds is 4. The molecule has 0 aliphatic rings. The van der Waals surface area contributed by atoms with Crippen LogP contribution in [0.1, 0.15) is 13.8 Å². The highest BCUT2D eigenvalue weighted by atomic mass is 32.1. The molecule has 0 rings (SSSR count). The molecule has 0 fully saturated rings. The normalized spacial score (nSPS) is 16.4. The van der Waals surface area contributed by atoms with Gasteiger partial charge >= 0.3 is 14.6 Å². The summed E-state index contributed by atoms with van der Waals surface area (Å²) in [6.07, 6.45) is 1.44. The van der Waals surface area contributed by atoms with Gasteiger partial charge in [-0.3, -0.25) is 4.52 Å². The molecular weight excluding hydrogens is 218 g/mol. The molecule has 78 valence electrons. The van der Waals surface area contributed by atoms with Gasteiger partial charge in [0.15, 0.2) is 0 Å². The first kappa shape index (κ1) is 13.0. The van der Waals surface area contributed by atoms with E-state index in [-0.39, 0.29) is 6.61 Å². The molecule has 1 atom stereocenters. The molecule has 0 aromatic heterocycles. The van der Waals surface area contributed by atoms with Crippen LogP contribution < -0.4 is 0 Å². The van der Waals surface area contributed by atoms with E-state index >= 15 is 0 Å². The fourth-order valence-corrected chi connectivity index (χ4v) is 1.45. The van der Waals surface area contributed by atoms with Crippen LogP contribution in [0.25, 0.3) is 0 Å². The van der Waals surface area contributed by atoms with Gasteiger partial charge in [-0.15, -0.1) is 0 Å². The van der Waals surface area contributed by atoms with Crippen molar-refractivity contribution in [2.45, 2.75) is 13.8 Å². The van der Waals surface area contributed by atoms with Crippen LogP contribution in [0.15, 0.2) is 11.6 Å². The third-order valence-corrected chi connectivity index (χ3v) is 4.53. The summed E-state index contributed by atoms with van der Waals surface area (Å²) in [5.74, 6) is 0. The van der Waals surface area contributed by atoms with Gasteiger partial charge in [-0.05, 0) is 13.8 Å². The first-order valence-corrected chi connectivity index (χ1v) is 7.23. The van der Waals surface area contributed by atoms with Gasteiger partial charge in [0.25, 0.3) is 0 Å². The van der Waals surface area contributed by atoms with E-state index < -0.39 is 14.6 Å². The fourth-order valence-electron chi connectivity index (χ4n) is 0.376. The molecule has 1 unspecified atom stereocenters. The quantitative estimate of drug-likeness (QED) is 0.495. The summed E-state index contributed by atoms with van der Waals surface area (Å²) in [4.78, 5) is 25.4. The second-order valence-corrected chi connectivity index (χ2v) is 7.93. The smallest absolute Gasteiger partial charge is 0.316 e. The number of allylic oxidation sites excluding steroid dienone is 1. The average Bonchev–Trinajstić information content (AvgIpc) is 1.82. The molecule has 8 heteroatoms. The minimum absolute atomic E-state index is 0.290. The fraction of sp³-hybridized carbons (Fsp3) is 0.600. The van der Waals surface area contributed by atoms with E-state index in [1.165, 1.54) is 6.08 Å². The van der Waals surface area contributed by atoms with Crippen LogP contribution in [0.3, 0.4) is 0 Å². The molecule has 6 nitrogen and oxygen atoms in total. The molecule has 0 saturated heterocycles. The monoisotopic (exact) mass is 230 g/mol. The largest absolute Gasteiger partial charge is 0.438 e. The van der Waals surface area contributed by atoms with Gasteiger partial charge in [-0.2, -0.15) is 0 Å². The van der Waals surface area contributed by atoms with E-state index in [4.69, 9.17) is 14.7 Å². The molecule has 0 aliphatic heterocycles. The second kappa shape index (κ2) is 4.51. The van der Waals surface area contributed by atoms with E-state index in [0.717, 1.165) is 5.57 Å². The minimum Gasteiger partial charge on any atom is -0.316 e. The van der Waals surface area contributed by atoms with Gasteiger partial charge < -0.3 is 14.7 Å². The molecule has 0 heterocycles. The lowest BCUT2D eigenvalue weighted by Crippen LogP contribution is -1.91. The zero-order valence-electron chi connectivity index (χ0n) is 7.25. The Morgan fingerprint density at radius 1 is 1.31 bits per heavy atom. The Morgan fingerprint density at radius 3 is 2.08 bits per heavy atom. The summed E-state index contributed by atoms with van der Waals surface area (Å²) in [6.45, 7) is 3.16. The highest BCUT2D eigenvalue weighted by Gasteiger charge is 2.41. The van der Waals surface area contributed by atoms with Gasteiger partial charge in [0, 0.05) is 0 Å². The lowest BCUT2D eigenvalue weighted by Gasteiger charge is -2.11. The third kappa shape index (κ3) is 4.72. The predicted octanol–water partition coefficient (Wildman–Crippen LogP) is 1.25. The number of hydrogen-bond acceptors (Lipinski definition) is 3. The summed E-state index contributed by atoms with van der Waals surface area (Å²) in [5, 5.41) is 0. The lowest BCUT2D eigenvalue weighted by atomic mass is 10.3. The van der Waals surface area contributed by atoms with Crippen molar-refractivity contribution in [1.82, 2.24) is 0 Å². The van der Waals surface area contributed by atoms with Gasteiger partial charge in [0.2, 0.25) is 0 Å². The molecule has 0 bridgehead atoms. The maximum Gasteiger partial charge on any atom is 0.438 e. The highest BCUT2D eigenvalue weighted by Crippen LogP contribution is 2.74. The van der Waals surface area contributed by atoms with Crippen LogP contribution in [-0.2, 0) is 13.7 Å². The van der Waals surface area contributed by atoms with E-state index in [0.29, 0.717) is 0 Å². The van der Waals surface area contributed by atoms with Crippen LogP contribution in [0.5, 0.6) is 0 Å². The van der Waals surface area contributed by atoms with Gasteiger partial charge in [-0.1, -0.05) is 11.6 Å². The first-order chi connectivity index (χ1) is 5.67. The van der Waals surface area contributed by atoms with Crippen LogP contribution in [-0.4, -0.2) is 21.3 Å². The summed E-state index contributed by atoms with van der Waals surface area (Å²) >= 11 is 0. The maximum atomic E-state index is 10.8. The van der Waals surface area contributed by atoms with Crippen molar-refractivity contribution < 1.29 is 28.3 Å². The van der Waals surface area contributed by atoms with Crippen LogP contribution in [0.4, 0.5) is 0 Å². The molecule has 0 aromatic carbocycles. The van der Waals surface area contributed by atoms with Crippen molar-refractivity contribution >= 4 is 14.6 Å². The molecular formula is C5H12O6P2. The van der Waals surface area contributed by atoms with E-state index in [2.05, 4.69) is 4.52 Å². The Balaban J connectivity index is 4.31. The van der Waals surface area contributed by atoms with E-state index in [9.17, 15) is 9.13 Å². The minimum atomic E-state index is -5.07. The lowest BCUT2D eigenvalue weighted by molar-refractivity contribution is 0.282. The molecule has 3 N–H and O–H groups in total. The van der Waals surface area contributed by atoms with Gasteiger partial charge in [0.05, 0.1) is 6.61 Å². The highest BCUT2D eigenvalue weighted by molar-refractivity contribution is 8.26. The van der Waals surface area contributed by atoms with Crippen molar-refractivity contribution in [3.05, 3.63) is 11.6 Å². The SMILES string of the molecule is CC(C)=CCOP(=O)(O)P(=O)(O)O. The van der Waals surface area contributed by atoms with Gasteiger partial charge in [0.1, 0.15) is 0 Å². The van der Waals surface area contributed by atoms with Crippen molar-refractivity contribution in [2.24, 2.45) is 0 Å². The van der Waals surface area contributed by atoms with Crippen LogP contribution >= 0.6 is 14.6 Å². The Morgan fingerprint density at radius 2 is 1.77 bits per heavy atom. The molecule has 0 aromatic rings. The molecule has 0 saturated carbocycles. The summed E-state index contributed by atoms with van der Waals surface area (Å²) in [5.41, 5.74) is 0.825. The van der Waals surface area contributed by atoms with Crippen LogP contribution in [0.2, 0.25) is 0 Å². The Kier molecular flexibility index (Phi) is 4.52. The van der Waals surface area contributed by atoms with Crippen molar-refractivity contribution in [1.29, 1.82) is 0 Å². The van der Waals surface area contributed by atoms with E-state index in [1.54, 1.807) is 13.8 Å². The molecule has 0 spiro atoms. The maximum absolute atomic E-state index is 10.8. The van der Waals surface area contributed by atoms with Crippen molar-refractivity contribution in [2.75, 3.05) is 6.61 Å². The summed E-state index contributed by atoms with van der Waals surface area (Å²) in [7, 11) is -9.88. The van der Waals surface area contributed by atoms with Crippen molar-refractivity contribution in [3.63, 3.8) is 0 Å².